The summed E-state index contributed by atoms with van der Waals surface area (Å²) in [4.78, 5) is 14.6. The predicted octanol–water partition coefficient (Wildman–Crippen LogP) is 2.26. The van der Waals surface area contributed by atoms with Crippen molar-refractivity contribution < 1.29 is 13.2 Å². The molecule has 1 aliphatic rings. The maximum atomic E-state index is 12.3. The minimum absolute atomic E-state index is 0.244. The molecule has 1 aromatic carbocycles. The molecule has 1 aromatic rings. The van der Waals surface area contributed by atoms with E-state index in [1.165, 1.54) is 0 Å². The van der Waals surface area contributed by atoms with E-state index in [0.29, 0.717) is 23.2 Å². The van der Waals surface area contributed by atoms with Crippen molar-refractivity contribution in [2.75, 3.05) is 43.8 Å². The van der Waals surface area contributed by atoms with Crippen LogP contribution >= 0.6 is 11.6 Å². The molecule has 146 valence electrons. The van der Waals surface area contributed by atoms with Gasteiger partial charge in [0.2, 0.25) is 15.9 Å². The number of sulfonamides is 1. The molecule has 2 rings (SSSR count). The van der Waals surface area contributed by atoms with E-state index in [-0.39, 0.29) is 12.5 Å². The highest BCUT2D eigenvalue weighted by molar-refractivity contribution is 7.92. The van der Waals surface area contributed by atoms with E-state index in [1.807, 2.05) is 6.92 Å². The van der Waals surface area contributed by atoms with Gasteiger partial charge in [-0.3, -0.25) is 9.10 Å². The lowest BCUT2D eigenvalue weighted by Gasteiger charge is -2.29. The Kier molecular flexibility index (Phi) is 7.32. The number of anilines is 1. The number of rotatable bonds is 7. The highest BCUT2D eigenvalue weighted by atomic mass is 35.5. The highest BCUT2D eigenvalue weighted by Crippen LogP contribution is 2.24. The lowest BCUT2D eigenvalue weighted by atomic mass is 9.94. The zero-order valence-corrected chi connectivity index (χ0v) is 17.2. The van der Waals surface area contributed by atoms with Crippen LogP contribution in [0.5, 0.6) is 0 Å². The maximum absolute atomic E-state index is 12.3. The van der Waals surface area contributed by atoms with E-state index in [1.54, 1.807) is 18.2 Å². The Balaban J connectivity index is 1.91. The summed E-state index contributed by atoms with van der Waals surface area (Å²) in [5, 5.41) is 3.32. The number of benzene rings is 1. The van der Waals surface area contributed by atoms with Gasteiger partial charge in [-0.05, 0) is 69.9 Å². The molecule has 6 nitrogen and oxygen atoms in total. The molecule has 1 saturated heterocycles. The standard InChI is InChI=1S/C18H28ClN3O3S/c1-14-4-5-16(12-17(14)19)22(26(3,24)25)13-18(23)20-9-6-15-7-10-21(2)11-8-15/h4-5,12,15H,6-11,13H2,1-3H3,(H,20,23). The molecule has 1 N–H and O–H groups in total. The van der Waals surface area contributed by atoms with Gasteiger partial charge in [0.05, 0.1) is 11.9 Å². The molecule has 1 amide bonds. The Morgan fingerprint density at radius 3 is 2.58 bits per heavy atom. The van der Waals surface area contributed by atoms with Crippen LogP contribution in [-0.4, -0.2) is 58.7 Å². The Morgan fingerprint density at radius 1 is 1.35 bits per heavy atom. The summed E-state index contributed by atoms with van der Waals surface area (Å²) in [6, 6.07) is 4.98. The monoisotopic (exact) mass is 401 g/mol. The van der Waals surface area contributed by atoms with E-state index in [9.17, 15) is 13.2 Å². The van der Waals surface area contributed by atoms with Gasteiger partial charge in [-0.1, -0.05) is 17.7 Å². The molecule has 8 heteroatoms. The van der Waals surface area contributed by atoms with Gasteiger partial charge in [-0.2, -0.15) is 0 Å². The largest absolute Gasteiger partial charge is 0.355 e. The first-order valence-electron chi connectivity index (χ1n) is 8.86. The topological polar surface area (TPSA) is 69.7 Å². The zero-order chi connectivity index (χ0) is 19.3. The van der Waals surface area contributed by atoms with E-state index in [0.717, 1.165) is 48.5 Å². The van der Waals surface area contributed by atoms with E-state index in [2.05, 4.69) is 17.3 Å². The van der Waals surface area contributed by atoms with E-state index in [4.69, 9.17) is 11.6 Å². The average molecular weight is 402 g/mol. The summed E-state index contributed by atoms with van der Waals surface area (Å²) in [7, 11) is -1.47. The third-order valence-electron chi connectivity index (χ3n) is 4.84. The fraction of sp³-hybridized carbons (Fsp3) is 0.611. The normalized spacial score (nSPS) is 16.5. The van der Waals surface area contributed by atoms with Crippen molar-refractivity contribution in [2.24, 2.45) is 5.92 Å². The van der Waals surface area contributed by atoms with Crippen molar-refractivity contribution in [3.05, 3.63) is 28.8 Å². The fourth-order valence-corrected chi connectivity index (χ4v) is 4.11. The van der Waals surface area contributed by atoms with Crippen LogP contribution in [-0.2, 0) is 14.8 Å². The molecule has 1 aliphatic heterocycles. The van der Waals surface area contributed by atoms with Crippen LogP contribution in [0.2, 0.25) is 5.02 Å². The lowest BCUT2D eigenvalue weighted by Crippen LogP contribution is -2.41. The molecule has 0 aromatic heterocycles. The fourth-order valence-electron chi connectivity index (χ4n) is 3.09. The van der Waals surface area contributed by atoms with Gasteiger partial charge in [0.15, 0.2) is 0 Å². The van der Waals surface area contributed by atoms with Gasteiger partial charge in [0.1, 0.15) is 6.54 Å². The first-order valence-corrected chi connectivity index (χ1v) is 11.1. The summed E-state index contributed by atoms with van der Waals surface area (Å²) < 4.78 is 25.3. The minimum Gasteiger partial charge on any atom is -0.355 e. The van der Waals surface area contributed by atoms with Gasteiger partial charge >= 0.3 is 0 Å². The van der Waals surface area contributed by atoms with E-state index >= 15 is 0 Å². The Bertz CT molecular complexity index is 731. The third kappa shape index (κ3) is 6.14. The zero-order valence-electron chi connectivity index (χ0n) is 15.7. The molecule has 0 unspecified atom stereocenters. The number of piperidine rings is 1. The number of hydrogen-bond donors (Lipinski definition) is 1. The third-order valence-corrected chi connectivity index (χ3v) is 6.39. The number of halogens is 1. The molecule has 26 heavy (non-hydrogen) atoms. The van der Waals surface area contributed by atoms with Crippen LogP contribution in [0.1, 0.15) is 24.8 Å². The maximum Gasteiger partial charge on any atom is 0.240 e. The number of nitrogens with one attached hydrogen (secondary N) is 1. The van der Waals surface area contributed by atoms with Crippen molar-refractivity contribution in [1.29, 1.82) is 0 Å². The van der Waals surface area contributed by atoms with Crippen molar-refractivity contribution in [2.45, 2.75) is 26.2 Å². The van der Waals surface area contributed by atoms with Crippen molar-refractivity contribution >= 4 is 33.2 Å². The van der Waals surface area contributed by atoms with Crippen LogP contribution in [0, 0.1) is 12.8 Å². The summed E-state index contributed by atoms with van der Waals surface area (Å²) in [5.41, 5.74) is 1.25. The minimum atomic E-state index is -3.59. The second-order valence-corrected chi connectivity index (χ2v) is 9.40. The van der Waals surface area contributed by atoms with Gasteiger partial charge in [-0.15, -0.1) is 0 Å². The van der Waals surface area contributed by atoms with Crippen molar-refractivity contribution in [1.82, 2.24) is 10.2 Å². The summed E-state index contributed by atoms with van der Waals surface area (Å²) in [6.07, 6.45) is 4.30. The second kappa shape index (κ2) is 9.06. The molecule has 1 heterocycles. The summed E-state index contributed by atoms with van der Waals surface area (Å²) >= 11 is 6.10. The van der Waals surface area contributed by atoms with Gasteiger partial charge in [0.25, 0.3) is 0 Å². The highest BCUT2D eigenvalue weighted by Gasteiger charge is 2.22. The Morgan fingerprint density at radius 2 is 2.00 bits per heavy atom. The average Bonchev–Trinajstić information content (AvgIpc) is 2.56. The number of aryl methyl sites for hydroxylation is 1. The number of likely N-dealkylation sites (tertiary alicyclic amines) is 1. The van der Waals surface area contributed by atoms with Crippen LogP contribution in [0.4, 0.5) is 5.69 Å². The Labute approximate surface area is 161 Å². The first-order chi connectivity index (χ1) is 12.2. The molecule has 0 aliphatic carbocycles. The molecule has 0 bridgehead atoms. The Hall–Kier alpha value is -1.31. The quantitative estimate of drug-likeness (QED) is 0.760. The molecule has 0 saturated carbocycles. The predicted molar refractivity (Wildman–Crippen MR) is 106 cm³/mol. The van der Waals surface area contributed by atoms with Crippen LogP contribution in [0.25, 0.3) is 0 Å². The smallest absolute Gasteiger partial charge is 0.240 e. The number of amides is 1. The molecule has 1 fully saturated rings. The number of carbonyl (C=O) groups is 1. The number of carbonyl (C=O) groups excluding carboxylic acids is 1. The number of hydrogen-bond acceptors (Lipinski definition) is 4. The second-order valence-electron chi connectivity index (χ2n) is 7.09. The van der Waals surface area contributed by atoms with Crippen LogP contribution in [0.15, 0.2) is 18.2 Å². The van der Waals surface area contributed by atoms with Crippen molar-refractivity contribution in [3.63, 3.8) is 0 Å². The van der Waals surface area contributed by atoms with E-state index < -0.39 is 10.0 Å². The molecule has 0 atom stereocenters. The SMILES string of the molecule is Cc1ccc(N(CC(=O)NCCC2CCN(C)CC2)S(C)(=O)=O)cc1Cl. The first kappa shape index (κ1) is 21.0. The van der Waals surface area contributed by atoms with Crippen molar-refractivity contribution in [3.8, 4) is 0 Å². The summed E-state index contributed by atoms with van der Waals surface area (Å²) in [5.74, 6) is 0.313. The van der Waals surface area contributed by atoms with Gasteiger partial charge < -0.3 is 10.2 Å². The lowest BCUT2D eigenvalue weighted by molar-refractivity contribution is -0.119. The molecular weight excluding hydrogens is 374 g/mol. The van der Waals surface area contributed by atoms with Gasteiger partial charge in [0, 0.05) is 11.6 Å². The molecular formula is C18H28ClN3O3S. The molecule has 0 spiro atoms. The number of nitrogens with zero attached hydrogens (tertiary/aromatic N) is 2. The molecule has 0 radical (unpaired) electrons. The van der Waals surface area contributed by atoms with Gasteiger partial charge in [-0.25, -0.2) is 8.42 Å². The van der Waals surface area contributed by atoms with Crippen LogP contribution in [0.3, 0.4) is 0 Å². The summed E-state index contributed by atoms with van der Waals surface area (Å²) in [6.45, 7) is 4.35. The van der Waals surface area contributed by atoms with Crippen LogP contribution < -0.4 is 9.62 Å².